The zero-order valence-corrected chi connectivity index (χ0v) is 34.0. The van der Waals surface area contributed by atoms with Gasteiger partial charge in [-0.15, -0.1) is 0 Å². The minimum absolute atomic E-state index is 0.186. The highest BCUT2D eigenvalue weighted by Crippen LogP contribution is 2.23. The minimum atomic E-state index is -1.86. The number of aliphatic hydroxyl groups excluding tert-OH is 3. The topological polar surface area (TPSA) is 169 Å². The van der Waals surface area contributed by atoms with Crippen molar-refractivity contribution in [3.8, 4) is 0 Å². The third kappa shape index (κ3) is 25.9. The molecule has 0 saturated carbocycles. The molecule has 0 aromatic heterocycles. The molecule has 1 rings (SSSR count). The van der Waals surface area contributed by atoms with E-state index >= 15 is 0 Å². The number of carbonyl (C=O) groups is 3. The molecule has 316 valence electrons. The lowest BCUT2D eigenvalue weighted by molar-refractivity contribution is -0.298. The van der Waals surface area contributed by atoms with E-state index < -0.39 is 54.7 Å². The number of carboxylic acid groups (broad SMARTS) is 1. The van der Waals surface area contributed by atoms with Gasteiger partial charge in [-0.1, -0.05) is 154 Å². The number of carbonyl (C=O) groups excluding carboxylic acids is 2. The third-order valence-corrected chi connectivity index (χ3v) is 10.1. The second-order valence-electron chi connectivity index (χ2n) is 15.2. The highest BCUT2D eigenvalue weighted by atomic mass is 16.7. The number of rotatable bonds is 36. The van der Waals surface area contributed by atoms with Gasteiger partial charge in [0, 0.05) is 12.8 Å². The predicted molar refractivity (Wildman–Crippen MR) is 211 cm³/mol. The lowest BCUT2D eigenvalue weighted by Crippen LogP contribution is -2.60. The molecule has 1 saturated heterocycles. The van der Waals surface area contributed by atoms with E-state index in [1.807, 2.05) is 0 Å². The molecule has 11 nitrogen and oxygen atoms in total. The van der Waals surface area contributed by atoms with E-state index in [2.05, 4.69) is 26.0 Å². The lowest BCUT2D eigenvalue weighted by atomic mass is 9.99. The summed E-state index contributed by atoms with van der Waals surface area (Å²) < 4.78 is 21.7. The van der Waals surface area contributed by atoms with Crippen molar-refractivity contribution in [3.05, 3.63) is 12.2 Å². The van der Waals surface area contributed by atoms with Gasteiger partial charge in [0.05, 0.1) is 6.61 Å². The molecular formula is C43H78O11. The number of carboxylic acids is 1. The van der Waals surface area contributed by atoms with Crippen LogP contribution in [0.1, 0.15) is 194 Å². The van der Waals surface area contributed by atoms with Crippen LogP contribution in [0.2, 0.25) is 0 Å². The van der Waals surface area contributed by atoms with E-state index in [0.717, 1.165) is 44.9 Å². The number of hydrogen-bond acceptors (Lipinski definition) is 10. The molecule has 0 radical (unpaired) electrons. The van der Waals surface area contributed by atoms with Crippen LogP contribution in [0.3, 0.4) is 0 Å². The largest absolute Gasteiger partial charge is 0.479 e. The molecule has 0 aliphatic carbocycles. The van der Waals surface area contributed by atoms with Gasteiger partial charge in [-0.05, 0) is 38.5 Å². The Labute approximate surface area is 326 Å². The molecule has 1 aliphatic heterocycles. The van der Waals surface area contributed by atoms with Crippen molar-refractivity contribution >= 4 is 17.9 Å². The van der Waals surface area contributed by atoms with Crippen LogP contribution in [-0.2, 0) is 33.3 Å². The van der Waals surface area contributed by atoms with Crippen LogP contribution in [0.5, 0.6) is 0 Å². The molecule has 1 aliphatic rings. The Bertz CT molecular complexity index is 958. The summed E-state index contributed by atoms with van der Waals surface area (Å²) in [4.78, 5) is 36.7. The third-order valence-electron chi connectivity index (χ3n) is 10.1. The Morgan fingerprint density at radius 1 is 0.556 bits per heavy atom. The first-order valence-electron chi connectivity index (χ1n) is 21.7. The molecule has 6 unspecified atom stereocenters. The summed E-state index contributed by atoms with van der Waals surface area (Å²) in [6.45, 7) is 3.79. The van der Waals surface area contributed by atoms with E-state index in [9.17, 15) is 34.8 Å². The number of ether oxygens (including phenoxy) is 4. The zero-order valence-electron chi connectivity index (χ0n) is 34.0. The standard InChI is InChI=1S/C43H78O11/c1-3-5-7-9-11-13-15-16-17-18-19-20-22-23-25-27-29-31-36(44)51-33-35(34-52-43-40(48)38(46)39(47)41(54-43)42(49)50)53-37(45)32-30-28-26-24-21-14-12-10-8-6-4-2/h16-17,35,38-41,43,46-48H,3-15,18-34H2,1-2H3,(H,49,50)/b17-16-. The molecule has 0 aromatic carbocycles. The van der Waals surface area contributed by atoms with Gasteiger partial charge in [0.1, 0.15) is 24.9 Å². The number of aliphatic hydroxyl groups is 3. The van der Waals surface area contributed by atoms with Crippen molar-refractivity contribution in [2.24, 2.45) is 0 Å². The van der Waals surface area contributed by atoms with Crippen LogP contribution in [0.4, 0.5) is 0 Å². The van der Waals surface area contributed by atoms with Crippen molar-refractivity contribution in [2.75, 3.05) is 13.2 Å². The Morgan fingerprint density at radius 2 is 0.981 bits per heavy atom. The van der Waals surface area contributed by atoms with Crippen LogP contribution in [0.15, 0.2) is 12.2 Å². The molecule has 4 N–H and O–H groups in total. The Balaban J connectivity index is 2.36. The Morgan fingerprint density at radius 3 is 1.44 bits per heavy atom. The van der Waals surface area contributed by atoms with Gasteiger partial charge in [-0.2, -0.15) is 0 Å². The van der Waals surface area contributed by atoms with Crippen molar-refractivity contribution in [2.45, 2.75) is 230 Å². The first kappa shape index (κ1) is 50.0. The second kappa shape index (κ2) is 34.2. The summed E-state index contributed by atoms with van der Waals surface area (Å²) in [7, 11) is 0. The fourth-order valence-electron chi connectivity index (χ4n) is 6.64. The second-order valence-corrected chi connectivity index (χ2v) is 15.2. The number of esters is 2. The van der Waals surface area contributed by atoms with E-state index in [0.29, 0.717) is 12.8 Å². The Kier molecular flexibility index (Phi) is 31.7. The van der Waals surface area contributed by atoms with Crippen molar-refractivity contribution in [1.82, 2.24) is 0 Å². The van der Waals surface area contributed by atoms with Gasteiger partial charge in [-0.25, -0.2) is 4.79 Å². The molecule has 6 atom stereocenters. The van der Waals surface area contributed by atoms with Gasteiger partial charge in [0.25, 0.3) is 0 Å². The van der Waals surface area contributed by atoms with Gasteiger partial charge < -0.3 is 39.4 Å². The molecule has 0 amide bonds. The normalized spacial score (nSPS) is 20.6. The van der Waals surface area contributed by atoms with Gasteiger partial charge >= 0.3 is 17.9 Å². The molecule has 0 bridgehead atoms. The van der Waals surface area contributed by atoms with Crippen molar-refractivity contribution in [3.63, 3.8) is 0 Å². The van der Waals surface area contributed by atoms with E-state index in [1.54, 1.807) is 0 Å². The van der Waals surface area contributed by atoms with Crippen LogP contribution in [-0.4, -0.2) is 88.4 Å². The van der Waals surface area contributed by atoms with E-state index in [-0.39, 0.29) is 26.1 Å². The van der Waals surface area contributed by atoms with Crippen molar-refractivity contribution in [1.29, 1.82) is 0 Å². The molecular weight excluding hydrogens is 692 g/mol. The highest BCUT2D eigenvalue weighted by Gasteiger charge is 2.47. The number of unbranched alkanes of at least 4 members (excludes halogenated alkanes) is 23. The van der Waals surface area contributed by atoms with Gasteiger partial charge in [0.2, 0.25) is 0 Å². The molecule has 0 aromatic rings. The number of allylic oxidation sites excluding steroid dienone is 2. The van der Waals surface area contributed by atoms with E-state index in [4.69, 9.17) is 18.9 Å². The first-order chi connectivity index (χ1) is 26.2. The average Bonchev–Trinajstić information content (AvgIpc) is 3.15. The van der Waals surface area contributed by atoms with Gasteiger partial charge in [0.15, 0.2) is 18.5 Å². The maximum Gasteiger partial charge on any atom is 0.335 e. The average molecular weight is 771 g/mol. The highest BCUT2D eigenvalue weighted by molar-refractivity contribution is 5.73. The minimum Gasteiger partial charge on any atom is -0.479 e. The number of aliphatic carboxylic acids is 1. The fourth-order valence-corrected chi connectivity index (χ4v) is 6.64. The van der Waals surface area contributed by atoms with E-state index in [1.165, 1.54) is 109 Å². The SMILES string of the molecule is CCCCCCCC/C=C\CCCCCCCCCC(=O)OCC(COC1OC(C(=O)O)C(O)C(O)C1O)OC(=O)CCCCCCCCCCCCC. The smallest absolute Gasteiger partial charge is 0.335 e. The predicted octanol–water partition coefficient (Wildman–Crippen LogP) is 8.87. The van der Waals surface area contributed by atoms with Gasteiger partial charge in [-0.3, -0.25) is 9.59 Å². The molecule has 1 heterocycles. The maximum atomic E-state index is 12.7. The zero-order chi connectivity index (χ0) is 39.7. The van der Waals surface area contributed by atoms with Crippen LogP contribution >= 0.6 is 0 Å². The quantitative estimate of drug-likeness (QED) is 0.0273. The summed E-state index contributed by atoms with van der Waals surface area (Å²) in [5.74, 6) is -2.44. The summed E-state index contributed by atoms with van der Waals surface area (Å²) in [6.07, 6.45) is 25.5. The molecule has 11 heteroatoms. The summed E-state index contributed by atoms with van der Waals surface area (Å²) >= 11 is 0. The molecule has 0 spiro atoms. The number of hydrogen-bond donors (Lipinski definition) is 4. The molecule has 54 heavy (non-hydrogen) atoms. The van der Waals surface area contributed by atoms with Crippen LogP contribution < -0.4 is 0 Å². The molecule has 1 fully saturated rings. The summed E-state index contributed by atoms with van der Waals surface area (Å²) in [5, 5.41) is 39.7. The summed E-state index contributed by atoms with van der Waals surface area (Å²) in [6, 6.07) is 0. The first-order valence-corrected chi connectivity index (χ1v) is 21.7. The fraction of sp³-hybridized carbons (Fsp3) is 0.884. The Hall–Kier alpha value is -2.05. The van der Waals surface area contributed by atoms with Crippen molar-refractivity contribution < 1.29 is 53.8 Å². The monoisotopic (exact) mass is 771 g/mol. The lowest BCUT2D eigenvalue weighted by Gasteiger charge is -2.38. The van der Waals surface area contributed by atoms with Crippen LogP contribution in [0.25, 0.3) is 0 Å². The maximum absolute atomic E-state index is 12.7. The van der Waals surface area contributed by atoms with Crippen LogP contribution in [0, 0.1) is 0 Å². The summed E-state index contributed by atoms with van der Waals surface area (Å²) in [5.41, 5.74) is 0.